The van der Waals surface area contributed by atoms with Crippen molar-refractivity contribution >= 4 is 0 Å². The molecule has 0 aliphatic heterocycles. The molecule has 0 aromatic heterocycles. The van der Waals surface area contributed by atoms with Crippen molar-refractivity contribution in [3.8, 4) is 11.5 Å². The minimum Gasteiger partial charge on any atom is -0.497 e. The normalized spacial score (nSPS) is 11.9. The average molecular weight is 388 g/mol. The van der Waals surface area contributed by atoms with E-state index in [4.69, 9.17) is 14.2 Å². The molecule has 0 spiro atoms. The van der Waals surface area contributed by atoms with Crippen LogP contribution in [0.5, 0.6) is 11.5 Å². The van der Waals surface area contributed by atoms with Gasteiger partial charge in [0.15, 0.2) is 0 Å². The number of hydrogen-bond donors (Lipinski definition) is 2. The number of unbranched alkanes of at least 4 members (excludes halogenated alkanes) is 3. The van der Waals surface area contributed by atoms with Crippen molar-refractivity contribution < 1.29 is 19.3 Å². The van der Waals surface area contributed by atoms with Crippen LogP contribution in [0.2, 0.25) is 0 Å². The maximum Gasteiger partial charge on any atom is 0.119 e. The number of rotatable bonds is 15. The van der Waals surface area contributed by atoms with Gasteiger partial charge >= 0.3 is 0 Å². The molecule has 0 fully saturated rings. The Bertz CT molecular complexity index is 618. The summed E-state index contributed by atoms with van der Waals surface area (Å²) in [5.74, 6) is 1.65. The lowest BCUT2D eigenvalue weighted by atomic mass is 10.1. The van der Waals surface area contributed by atoms with Crippen molar-refractivity contribution in [2.24, 2.45) is 0 Å². The minimum atomic E-state index is -0.435. The van der Waals surface area contributed by atoms with E-state index in [0.717, 1.165) is 49.5 Å². The highest BCUT2D eigenvalue weighted by Gasteiger charge is 2.05. The van der Waals surface area contributed by atoms with E-state index in [-0.39, 0.29) is 0 Å². The second-order valence-corrected chi connectivity index (χ2v) is 6.68. The molecule has 0 heterocycles. The van der Waals surface area contributed by atoms with Gasteiger partial charge in [-0.15, -0.1) is 0 Å². The van der Waals surface area contributed by atoms with Crippen LogP contribution in [0.4, 0.5) is 0 Å². The highest BCUT2D eigenvalue weighted by atomic mass is 16.5. The van der Waals surface area contributed by atoms with Gasteiger partial charge in [0.05, 0.1) is 19.8 Å². The first-order chi connectivity index (χ1) is 13.8. The predicted molar refractivity (Wildman–Crippen MR) is 112 cm³/mol. The van der Waals surface area contributed by atoms with Crippen molar-refractivity contribution in [1.82, 2.24) is 5.32 Å². The number of methoxy groups -OCH3 is 1. The smallest absolute Gasteiger partial charge is 0.119 e. The van der Waals surface area contributed by atoms with Gasteiger partial charge in [0.1, 0.15) is 18.1 Å². The summed E-state index contributed by atoms with van der Waals surface area (Å²) in [7, 11) is 1.65. The SMILES string of the molecule is COc1ccc(OCCOCCCCCCNCC(O)c2ccccc2)cc1. The van der Waals surface area contributed by atoms with Crippen molar-refractivity contribution in [1.29, 1.82) is 0 Å². The van der Waals surface area contributed by atoms with Crippen LogP contribution < -0.4 is 14.8 Å². The van der Waals surface area contributed by atoms with Crippen molar-refractivity contribution in [2.75, 3.05) is 40.0 Å². The van der Waals surface area contributed by atoms with Gasteiger partial charge in [0.2, 0.25) is 0 Å². The quantitative estimate of drug-likeness (QED) is 0.453. The molecule has 0 radical (unpaired) electrons. The van der Waals surface area contributed by atoms with E-state index in [2.05, 4.69) is 5.32 Å². The van der Waals surface area contributed by atoms with Crippen molar-refractivity contribution in [3.63, 3.8) is 0 Å². The Morgan fingerprint density at radius 2 is 1.54 bits per heavy atom. The number of ether oxygens (including phenoxy) is 3. The molecule has 0 aliphatic carbocycles. The zero-order chi connectivity index (χ0) is 19.9. The topological polar surface area (TPSA) is 60.0 Å². The van der Waals surface area contributed by atoms with Crippen LogP contribution in [0.1, 0.15) is 37.4 Å². The highest BCUT2D eigenvalue weighted by Crippen LogP contribution is 2.16. The Hall–Kier alpha value is -2.08. The number of aliphatic hydroxyl groups excluding tert-OH is 1. The molecule has 5 nitrogen and oxygen atoms in total. The molecule has 0 amide bonds. The summed E-state index contributed by atoms with van der Waals surface area (Å²) >= 11 is 0. The summed E-state index contributed by atoms with van der Waals surface area (Å²) in [6, 6.07) is 17.3. The number of nitrogens with one attached hydrogen (secondary N) is 1. The second-order valence-electron chi connectivity index (χ2n) is 6.68. The van der Waals surface area contributed by atoms with Crippen LogP contribution in [0.25, 0.3) is 0 Å². The van der Waals surface area contributed by atoms with E-state index in [1.54, 1.807) is 7.11 Å². The summed E-state index contributed by atoms with van der Waals surface area (Å²) in [5.41, 5.74) is 0.961. The van der Waals surface area contributed by atoms with Crippen LogP contribution in [-0.4, -0.2) is 45.1 Å². The number of aliphatic hydroxyl groups is 1. The fraction of sp³-hybridized carbons (Fsp3) is 0.478. The van der Waals surface area contributed by atoms with Crippen LogP contribution in [0, 0.1) is 0 Å². The maximum atomic E-state index is 10.1. The van der Waals surface area contributed by atoms with Gasteiger partial charge in [-0.05, 0) is 49.2 Å². The Morgan fingerprint density at radius 1 is 0.821 bits per heavy atom. The van der Waals surface area contributed by atoms with Gasteiger partial charge in [-0.3, -0.25) is 0 Å². The second kappa shape index (κ2) is 14.0. The molecule has 0 bridgehead atoms. The molecule has 0 aliphatic rings. The third kappa shape index (κ3) is 9.22. The molecule has 2 aromatic rings. The predicted octanol–water partition coefficient (Wildman–Crippen LogP) is 3.97. The molecule has 2 rings (SSSR count). The molecule has 1 unspecified atom stereocenters. The molecule has 0 saturated heterocycles. The van der Waals surface area contributed by atoms with Crippen LogP contribution >= 0.6 is 0 Å². The van der Waals surface area contributed by atoms with E-state index in [1.807, 2.05) is 54.6 Å². The minimum absolute atomic E-state index is 0.435. The zero-order valence-electron chi connectivity index (χ0n) is 16.8. The highest BCUT2D eigenvalue weighted by molar-refractivity contribution is 5.31. The third-order valence-electron chi connectivity index (χ3n) is 4.47. The Morgan fingerprint density at radius 3 is 2.29 bits per heavy atom. The van der Waals surface area contributed by atoms with Gasteiger partial charge in [0.25, 0.3) is 0 Å². The maximum absolute atomic E-state index is 10.1. The molecule has 5 heteroatoms. The molecular weight excluding hydrogens is 354 g/mol. The average Bonchev–Trinajstić information content (AvgIpc) is 2.75. The molecule has 2 N–H and O–H groups in total. The fourth-order valence-corrected chi connectivity index (χ4v) is 2.83. The molecule has 1 atom stereocenters. The van der Waals surface area contributed by atoms with Crippen molar-refractivity contribution in [3.05, 3.63) is 60.2 Å². The van der Waals surface area contributed by atoms with E-state index in [0.29, 0.717) is 19.8 Å². The monoisotopic (exact) mass is 387 g/mol. The lowest BCUT2D eigenvalue weighted by Crippen LogP contribution is -2.22. The van der Waals surface area contributed by atoms with E-state index < -0.39 is 6.10 Å². The van der Waals surface area contributed by atoms with Crippen molar-refractivity contribution in [2.45, 2.75) is 31.8 Å². The van der Waals surface area contributed by atoms with Crippen LogP contribution in [0.3, 0.4) is 0 Å². The first-order valence-electron chi connectivity index (χ1n) is 10.1. The molecule has 28 heavy (non-hydrogen) atoms. The molecule has 154 valence electrons. The Labute approximate surface area is 168 Å². The molecule has 0 saturated carbocycles. The van der Waals surface area contributed by atoms with Gasteiger partial charge in [0, 0.05) is 13.2 Å². The first-order valence-corrected chi connectivity index (χ1v) is 10.1. The lowest BCUT2D eigenvalue weighted by molar-refractivity contribution is 0.0970. The summed E-state index contributed by atoms with van der Waals surface area (Å²) in [4.78, 5) is 0. The van der Waals surface area contributed by atoms with E-state index in [9.17, 15) is 5.11 Å². The fourth-order valence-electron chi connectivity index (χ4n) is 2.83. The first kappa shape index (κ1) is 22.2. The summed E-state index contributed by atoms with van der Waals surface area (Å²) in [6.45, 7) is 3.46. The van der Waals surface area contributed by atoms with Gasteiger partial charge in [-0.25, -0.2) is 0 Å². The van der Waals surface area contributed by atoms with Crippen LogP contribution in [-0.2, 0) is 4.74 Å². The van der Waals surface area contributed by atoms with E-state index >= 15 is 0 Å². The van der Waals surface area contributed by atoms with Gasteiger partial charge in [-0.1, -0.05) is 43.2 Å². The van der Waals surface area contributed by atoms with E-state index in [1.165, 1.54) is 6.42 Å². The molecular formula is C23H33NO4. The summed E-state index contributed by atoms with van der Waals surface area (Å²) < 4.78 is 16.3. The van der Waals surface area contributed by atoms with Gasteiger partial charge in [-0.2, -0.15) is 0 Å². The molecule has 2 aromatic carbocycles. The zero-order valence-corrected chi connectivity index (χ0v) is 16.8. The standard InChI is InChI=1S/C23H33NO4/c1-26-21-11-13-22(14-12-21)28-18-17-27-16-8-3-2-7-15-24-19-23(25)20-9-5-4-6-10-20/h4-6,9-14,23-25H,2-3,7-8,15-19H2,1H3. The Kier molecular flexibility index (Phi) is 11.1. The number of hydrogen-bond acceptors (Lipinski definition) is 5. The third-order valence-corrected chi connectivity index (χ3v) is 4.47. The lowest BCUT2D eigenvalue weighted by Gasteiger charge is -2.12. The summed E-state index contributed by atoms with van der Waals surface area (Å²) in [5, 5.41) is 13.4. The largest absolute Gasteiger partial charge is 0.497 e. The van der Waals surface area contributed by atoms with Gasteiger partial charge < -0.3 is 24.6 Å². The Balaban J connectivity index is 1.36. The number of benzene rings is 2. The van der Waals surface area contributed by atoms with Crippen LogP contribution in [0.15, 0.2) is 54.6 Å². The summed E-state index contributed by atoms with van der Waals surface area (Å²) in [6.07, 6.45) is 4.06.